The molecule has 0 aromatic carbocycles. The van der Waals surface area contributed by atoms with E-state index in [4.69, 9.17) is 9.15 Å². The molecule has 124 valence electrons. The van der Waals surface area contributed by atoms with Gasteiger partial charge >= 0.3 is 0 Å². The molecule has 0 saturated carbocycles. The van der Waals surface area contributed by atoms with Gasteiger partial charge in [-0.15, -0.1) is 0 Å². The largest absolute Gasteiger partial charge is 0.459 e. The lowest BCUT2D eigenvalue weighted by Crippen LogP contribution is -2.32. The third-order valence-electron chi connectivity index (χ3n) is 4.51. The maximum Gasteiger partial charge on any atom is 0.194 e. The second-order valence-electron chi connectivity index (χ2n) is 5.99. The van der Waals surface area contributed by atoms with Crippen molar-refractivity contribution < 1.29 is 24.5 Å². The normalized spacial score (nSPS) is 31.3. The molecule has 0 spiro atoms. The van der Waals surface area contributed by atoms with Gasteiger partial charge in [-0.3, -0.25) is 0 Å². The van der Waals surface area contributed by atoms with Crippen molar-refractivity contribution >= 4 is 16.9 Å². The van der Waals surface area contributed by atoms with Crippen LogP contribution in [0.15, 0.2) is 16.7 Å². The van der Waals surface area contributed by atoms with Crippen LogP contribution in [0.4, 0.5) is 5.82 Å². The van der Waals surface area contributed by atoms with Crippen LogP contribution in [0.25, 0.3) is 11.1 Å². The van der Waals surface area contributed by atoms with Crippen LogP contribution in [0.3, 0.4) is 0 Å². The van der Waals surface area contributed by atoms with Gasteiger partial charge in [-0.2, -0.15) is 0 Å². The fourth-order valence-electron chi connectivity index (χ4n) is 3.25. The van der Waals surface area contributed by atoms with Crippen LogP contribution in [0.2, 0.25) is 0 Å². The second kappa shape index (κ2) is 5.72. The van der Waals surface area contributed by atoms with Crippen molar-refractivity contribution in [2.75, 3.05) is 24.6 Å². The Morgan fingerprint density at radius 2 is 1.96 bits per heavy atom. The zero-order valence-electron chi connectivity index (χ0n) is 12.5. The minimum Gasteiger partial charge on any atom is -0.459 e. The predicted octanol–water partition coefficient (Wildman–Crippen LogP) is -0.0230. The standard InChI is InChI=1S/C15H19N3O5/c19-7-9-10(20)11(21)13(23-9)14-16-8-3-6-22-12(8)15(17-14)18-4-1-2-5-18/h3,6,9-11,13,19-21H,1-2,4-5,7H2/t9-,10-,11-,13?/m1/s1. The van der Waals surface area contributed by atoms with Gasteiger partial charge in [0.2, 0.25) is 0 Å². The Balaban J connectivity index is 1.75. The summed E-state index contributed by atoms with van der Waals surface area (Å²) in [6, 6.07) is 1.74. The molecule has 4 heterocycles. The summed E-state index contributed by atoms with van der Waals surface area (Å²) >= 11 is 0. The van der Waals surface area contributed by atoms with Crippen molar-refractivity contribution in [2.24, 2.45) is 0 Å². The Labute approximate surface area is 132 Å². The number of furan rings is 1. The molecule has 8 nitrogen and oxygen atoms in total. The summed E-state index contributed by atoms with van der Waals surface area (Å²) in [6.07, 6.45) is -0.311. The molecule has 2 aromatic heterocycles. The molecule has 2 saturated heterocycles. The third kappa shape index (κ3) is 2.38. The lowest BCUT2D eigenvalue weighted by Gasteiger charge is -2.19. The highest BCUT2D eigenvalue weighted by molar-refractivity contribution is 5.84. The Morgan fingerprint density at radius 3 is 2.65 bits per heavy atom. The van der Waals surface area contributed by atoms with Crippen molar-refractivity contribution in [1.29, 1.82) is 0 Å². The maximum absolute atomic E-state index is 10.2. The molecule has 2 aromatic rings. The van der Waals surface area contributed by atoms with Crippen molar-refractivity contribution in [3.05, 3.63) is 18.2 Å². The highest BCUT2D eigenvalue weighted by atomic mass is 16.6. The van der Waals surface area contributed by atoms with Gasteiger partial charge in [-0.05, 0) is 12.8 Å². The summed E-state index contributed by atoms with van der Waals surface area (Å²) in [7, 11) is 0. The summed E-state index contributed by atoms with van der Waals surface area (Å²) in [6.45, 7) is 1.41. The third-order valence-corrected chi connectivity index (χ3v) is 4.51. The van der Waals surface area contributed by atoms with Gasteiger partial charge < -0.3 is 29.4 Å². The molecule has 4 atom stereocenters. The number of aliphatic hydroxyl groups is 3. The summed E-state index contributed by atoms with van der Waals surface area (Å²) in [4.78, 5) is 11.1. The zero-order chi connectivity index (χ0) is 16.0. The van der Waals surface area contributed by atoms with Crippen LogP contribution in [0, 0.1) is 0 Å². The fourth-order valence-corrected chi connectivity index (χ4v) is 3.25. The Hall–Kier alpha value is -1.74. The number of aliphatic hydroxyl groups excluding tert-OH is 3. The molecule has 0 aliphatic carbocycles. The minimum atomic E-state index is -1.18. The van der Waals surface area contributed by atoms with Gasteiger partial charge in [-0.25, -0.2) is 9.97 Å². The summed E-state index contributed by atoms with van der Waals surface area (Å²) in [5, 5.41) is 29.3. The molecule has 4 rings (SSSR count). The molecule has 8 heteroatoms. The number of nitrogens with zero attached hydrogens (tertiary/aromatic N) is 3. The first kappa shape index (κ1) is 14.8. The molecule has 1 unspecified atom stereocenters. The molecule has 2 aliphatic rings. The quantitative estimate of drug-likeness (QED) is 0.723. The van der Waals surface area contributed by atoms with Crippen LogP contribution >= 0.6 is 0 Å². The van der Waals surface area contributed by atoms with E-state index in [2.05, 4.69) is 14.9 Å². The topological polar surface area (TPSA) is 112 Å². The lowest BCUT2D eigenvalue weighted by atomic mass is 10.1. The molecule has 2 aliphatic heterocycles. The first-order valence-electron chi connectivity index (χ1n) is 7.81. The second-order valence-corrected chi connectivity index (χ2v) is 5.99. The van der Waals surface area contributed by atoms with Gasteiger partial charge in [0.15, 0.2) is 17.2 Å². The van der Waals surface area contributed by atoms with E-state index in [9.17, 15) is 15.3 Å². The molecule has 0 amide bonds. The number of ether oxygens (including phenoxy) is 1. The van der Waals surface area contributed by atoms with Crippen LogP contribution in [-0.2, 0) is 4.74 Å². The maximum atomic E-state index is 10.2. The Bertz CT molecular complexity index is 699. The van der Waals surface area contributed by atoms with E-state index < -0.39 is 24.4 Å². The van der Waals surface area contributed by atoms with E-state index in [0.717, 1.165) is 25.9 Å². The number of rotatable bonds is 3. The molecule has 3 N–H and O–H groups in total. The van der Waals surface area contributed by atoms with Crippen LogP contribution in [-0.4, -0.2) is 63.3 Å². The van der Waals surface area contributed by atoms with Gasteiger partial charge in [-0.1, -0.05) is 0 Å². The van der Waals surface area contributed by atoms with E-state index in [-0.39, 0.29) is 6.61 Å². The van der Waals surface area contributed by atoms with Crippen molar-refractivity contribution in [3.8, 4) is 0 Å². The van der Waals surface area contributed by atoms with E-state index in [1.54, 1.807) is 12.3 Å². The first-order valence-corrected chi connectivity index (χ1v) is 7.81. The lowest BCUT2D eigenvalue weighted by molar-refractivity contribution is -0.0251. The van der Waals surface area contributed by atoms with Gasteiger partial charge in [0.05, 0.1) is 12.9 Å². The predicted molar refractivity (Wildman–Crippen MR) is 80.0 cm³/mol. The SMILES string of the molecule is OC[C@H]1OC(c2nc(N3CCCC3)c3occc3n2)[C@H](O)[C@@H]1O. The minimum absolute atomic E-state index is 0.295. The van der Waals surface area contributed by atoms with Crippen molar-refractivity contribution in [3.63, 3.8) is 0 Å². The molecular weight excluding hydrogens is 302 g/mol. The summed E-state index contributed by atoms with van der Waals surface area (Å²) in [5.41, 5.74) is 1.25. The molecule has 2 fully saturated rings. The fraction of sp³-hybridized carbons (Fsp3) is 0.600. The molecule has 0 bridgehead atoms. The van der Waals surface area contributed by atoms with E-state index >= 15 is 0 Å². The van der Waals surface area contributed by atoms with Gasteiger partial charge in [0.1, 0.15) is 29.9 Å². The Morgan fingerprint density at radius 1 is 1.17 bits per heavy atom. The average molecular weight is 321 g/mol. The molecule has 0 radical (unpaired) electrons. The Kier molecular flexibility index (Phi) is 3.68. The van der Waals surface area contributed by atoms with E-state index in [1.165, 1.54) is 0 Å². The van der Waals surface area contributed by atoms with Crippen LogP contribution in [0.1, 0.15) is 24.8 Å². The number of hydrogen-bond donors (Lipinski definition) is 3. The summed E-state index contributed by atoms with van der Waals surface area (Å²) < 4.78 is 11.1. The molecular formula is C15H19N3O5. The number of aromatic nitrogens is 2. The van der Waals surface area contributed by atoms with E-state index in [0.29, 0.717) is 22.7 Å². The van der Waals surface area contributed by atoms with Gasteiger partial charge in [0.25, 0.3) is 0 Å². The van der Waals surface area contributed by atoms with Crippen molar-refractivity contribution in [2.45, 2.75) is 37.3 Å². The highest BCUT2D eigenvalue weighted by Gasteiger charge is 2.45. The highest BCUT2D eigenvalue weighted by Crippen LogP contribution is 2.35. The monoisotopic (exact) mass is 321 g/mol. The van der Waals surface area contributed by atoms with Gasteiger partial charge in [0, 0.05) is 19.2 Å². The summed E-state index contributed by atoms with van der Waals surface area (Å²) in [5.74, 6) is 0.980. The smallest absolute Gasteiger partial charge is 0.194 e. The van der Waals surface area contributed by atoms with E-state index in [1.807, 2.05) is 0 Å². The number of fused-ring (bicyclic) bond motifs is 1. The first-order chi connectivity index (χ1) is 11.2. The van der Waals surface area contributed by atoms with Crippen LogP contribution < -0.4 is 4.90 Å². The zero-order valence-corrected chi connectivity index (χ0v) is 12.5. The molecule has 23 heavy (non-hydrogen) atoms. The number of hydrogen-bond acceptors (Lipinski definition) is 8. The van der Waals surface area contributed by atoms with Crippen molar-refractivity contribution in [1.82, 2.24) is 9.97 Å². The average Bonchev–Trinajstić information content (AvgIpc) is 3.28. The van der Waals surface area contributed by atoms with Crippen LogP contribution in [0.5, 0.6) is 0 Å². The number of anilines is 1.